The first-order chi connectivity index (χ1) is 18.6. The summed E-state index contributed by atoms with van der Waals surface area (Å²) in [6, 6.07) is 17.1. The van der Waals surface area contributed by atoms with Crippen LogP contribution in [0, 0.1) is 25.2 Å². The number of halogens is 1. The third-order valence-corrected chi connectivity index (χ3v) is 9.06. The molecule has 1 atom stereocenters. The van der Waals surface area contributed by atoms with Gasteiger partial charge in [-0.15, -0.1) is 0 Å². The van der Waals surface area contributed by atoms with Gasteiger partial charge in [0.1, 0.15) is 5.82 Å². The molecule has 0 unspecified atom stereocenters. The quantitative estimate of drug-likeness (QED) is 0.273. The zero-order chi connectivity index (χ0) is 27.7. The lowest BCUT2D eigenvalue weighted by atomic mass is 9.96. The lowest BCUT2D eigenvalue weighted by molar-refractivity contribution is 0.105. The SMILES string of the molecule is [C-]#[N+]c1ccc(CS(=O)(=O)N2CCN(CC(C)C)[C@H](c3cc4cnn(-c5ccc(F)cc5)c4cc3C)C2)cc1. The maximum atomic E-state index is 13.5. The Morgan fingerprint density at radius 3 is 2.46 bits per heavy atom. The van der Waals surface area contributed by atoms with Crippen LogP contribution in [0.5, 0.6) is 0 Å². The topological polar surface area (TPSA) is 62.8 Å². The molecule has 1 fully saturated rings. The number of fused-ring (bicyclic) bond motifs is 1. The molecule has 0 saturated carbocycles. The highest BCUT2D eigenvalue weighted by Gasteiger charge is 2.35. The lowest BCUT2D eigenvalue weighted by Gasteiger charge is -2.42. The third-order valence-electron chi connectivity index (χ3n) is 7.25. The molecule has 3 aromatic carbocycles. The molecule has 4 aromatic rings. The predicted molar refractivity (Wildman–Crippen MR) is 152 cm³/mol. The molecule has 39 heavy (non-hydrogen) atoms. The van der Waals surface area contributed by atoms with E-state index in [-0.39, 0.29) is 17.6 Å². The summed E-state index contributed by atoms with van der Waals surface area (Å²) in [5.41, 5.74) is 5.00. The van der Waals surface area contributed by atoms with Crippen LogP contribution in [0.3, 0.4) is 0 Å². The molecule has 0 N–H and O–H groups in total. The minimum Gasteiger partial charge on any atom is -0.293 e. The Kier molecular flexibility index (Phi) is 7.54. The van der Waals surface area contributed by atoms with Gasteiger partial charge in [-0.3, -0.25) is 4.90 Å². The number of hydrogen-bond donors (Lipinski definition) is 0. The molecule has 0 aliphatic carbocycles. The van der Waals surface area contributed by atoms with Crippen molar-refractivity contribution in [3.8, 4) is 5.69 Å². The lowest BCUT2D eigenvalue weighted by Crippen LogP contribution is -2.51. The second-order valence-electron chi connectivity index (χ2n) is 10.6. The number of aromatic nitrogens is 2. The van der Waals surface area contributed by atoms with Gasteiger partial charge in [0.25, 0.3) is 0 Å². The zero-order valence-electron chi connectivity index (χ0n) is 22.4. The van der Waals surface area contributed by atoms with E-state index in [9.17, 15) is 12.8 Å². The average Bonchev–Trinajstić information content (AvgIpc) is 3.31. The van der Waals surface area contributed by atoms with E-state index in [4.69, 9.17) is 6.57 Å². The van der Waals surface area contributed by atoms with Crippen LogP contribution in [-0.2, 0) is 15.8 Å². The highest BCUT2D eigenvalue weighted by molar-refractivity contribution is 7.88. The molecule has 1 aliphatic heterocycles. The number of sulfonamides is 1. The normalized spacial score (nSPS) is 17.1. The molecular weight excluding hydrogens is 513 g/mol. The summed E-state index contributed by atoms with van der Waals surface area (Å²) in [5.74, 6) is 0.0444. The van der Waals surface area contributed by atoms with Crippen LogP contribution in [0.1, 0.15) is 36.6 Å². The Morgan fingerprint density at radius 1 is 1.08 bits per heavy atom. The molecule has 5 rings (SSSR count). The first-order valence-corrected chi connectivity index (χ1v) is 14.7. The molecule has 0 spiro atoms. The van der Waals surface area contributed by atoms with Gasteiger partial charge in [0.15, 0.2) is 5.69 Å². The molecule has 0 radical (unpaired) electrons. The maximum Gasteiger partial charge on any atom is 0.218 e. The van der Waals surface area contributed by atoms with Crippen LogP contribution in [0.2, 0.25) is 0 Å². The van der Waals surface area contributed by atoms with Gasteiger partial charge < -0.3 is 0 Å². The summed E-state index contributed by atoms with van der Waals surface area (Å²) in [6.07, 6.45) is 1.80. The molecule has 7 nitrogen and oxygen atoms in total. The minimum absolute atomic E-state index is 0.0926. The van der Waals surface area contributed by atoms with Crippen molar-refractivity contribution in [3.05, 3.63) is 101 Å². The van der Waals surface area contributed by atoms with Crippen LogP contribution in [0.15, 0.2) is 66.9 Å². The predicted octanol–water partition coefficient (Wildman–Crippen LogP) is 5.87. The van der Waals surface area contributed by atoms with Gasteiger partial charge in [0.05, 0.1) is 29.7 Å². The standard InChI is InChI=1S/C30H32FN5O2S/c1-21(2)18-34-13-14-35(39(37,38)20-23-5-9-26(32-4)10-6-23)19-30(34)28-16-24-17-33-36(29(24)15-22(28)3)27-11-7-25(31)8-12-27/h5-12,15-17,21,30H,13-14,18-20H2,1-3H3/t30-/m0/s1. The number of hydrogen-bond acceptors (Lipinski definition) is 4. The largest absolute Gasteiger partial charge is 0.293 e. The first-order valence-electron chi connectivity index (χ1n) is 13.1. The van der Waals surface area contributed by atoms with Gasteiger partial charge in [0.2, 0.25) is 10.0 Å². The smallest absolute Gasteiger partial charge is 0.218 e. The molecule has 0 bridgehead atoms. The minimum atomic E-state index is -3.56. The molecule has 1 aromatic heterocycles. The molecule has 0 amide bonds. The highest BCUT2D eigenvalue weighted by Crippen LogP contribution is 2.33. The number of aryl methyl sites for hydroxylation is 1. The first kappa shape index (κ1) is 27.0. The van der Waals surface area contributed by atoms with Gasteiger partial charge in [0, 0.05) is 37.6 Å². The fourth-order valence-corrected chi connectivity index (χ4v) is 6.87. The molecule has 1 saturated heterocycles. The van der Waals surface area contributed by atoms with E-state index < -0.39 is 10.0 Å². The van der Waals surface area contributed by atoms with E-state index in [0.29, 0.717) is 36.8 Å². The molecule has 1 aliphatic rings. The molecular formula is C30H32FN5O2S. The van der Waals surface area contributed by atoms with Crippen molar-refractivity contribution >= 4 is 26.6 Å². The second-order valence-corrected chi connectivity index (χ2v) is 12.6. The van der Waals surface area contributed by atoms with E-state index >= 15 is 0 Å². The van der Waals surface area contributed by atoms with E-state index in [1.54, 1.807) is 51.6 Å². The number of benzene rings is 3. The van der Waals surface area contributed by atoms with Crippen LogP contribution >= 0.6 is 0 Å². The number of piperazine rings is 1. The Balaban J connectivity index is 1.46. The van der Waals surface area contributed by atoms with Crippen molar-refractivity contribution in [2.75, 3.05) is 26.2 Å². The summed E-state index contributed by atoms with van der Waals surface area (Å²) in [7, 11) is -3.56. The van der Waals surface area contributed by atoms with Crippen LogP contribution in [0.4, 0.5) is 10.1 Å². The van der Waals surface area contributed by atoms with Crippen LogP contribution in [-0.4, -0.2) is 53.6 Å². The molecule has 9 heteroatoms. The molecule has 2 heterocycles. The maximum absolute atomic E-state index is 13.5. The Hall–Kier alpha value is -3.58. The van der Waals surface area contributed by atoms with Crippen molar-refractivity contribution in [3.63, 3.8) is 0 Å². The van der Waals surface area contributed by atoms with Crippen molar-refractivity contribution < 1.29 is 12.8 Å². The van der Waals surface area contributed by atoms with Crippen molar-refractivity contribution in [1.82, 2.24) is 19.0 Å². The Labute approximate surface area is 229 Å². The summed E-state index contributed by atoms with van der Waals surface area (Å²) in [4.78, 5) is 5.78. The fourth-order valence-electron chi connectivity index (χ4n) is 5.34. The summed E-state index contributed by atoms with van der Waals surface area (Å²) < 4.78 is 43.9. The third kappa shape index (κ3) is 5.74. The highest BCUT2D eigenvalue weighted by atomic mass is 32.2. The van der Waals surface area contributed by atoms with E-state index in [0.717, 1.165) is 34.3 Å². The number of nitrogens with zero attached hydrogens (tertiary/aromatic N) is 5. The summed E-state index contributed by atoms with van der Waals surface area (Å²) in [5, 5.41) is 5.51. The second kappa shape index (κ2) is 10.9. The van der Waals surface area contributed by atoms with E-state index in [1.165, 1.54) is 12.1 Å². The van der Waals surface area contributed by atoms with Crippen molar-refractivity contribution in [1.29, 1.82) is 0 Å². The number of rotatable bonds is 7. The zero-order valence-corrected chi connectivity index (χ0v) is 23.2. The van der Waals surface area contributed by atoms with Gasteiger partial charge in [-0.2, -0.15) is 9.40 Å². The van der Waals surface area contributed by atoms with Gasteiger partial charge in [-0.25, -0.2) is 22.3 Å². The van der Waals surface area contributed by atoms with Crippen molar-refractivity contribution in [2.24, 2.45) is 5.92 Å². The summed E-state index contributed by atoms with van der Waals surface area (Å²) in [6.45, 7) is 15.8. The Morgan fingerprint density at radius 2 is 1.79 bits per heavy atom. The van der Waals surface area contributed by atoms with Crippen LogP contribution in [0.25, 0.3) is 21.4 Å². The Bertz CT molecular complexity index is 1620. The fraction of sp³-hybridized carbons (Fsp3) is 0.333. The monoisotopic (exact) mass is 545 g/mol. The van der Waals surface area contributed by atoms with E-state index in [2.05, 4.69) is 47.7 Å². The van der Waals surface area contributed by atoms with Gasteiger partial charge in [-0.05, 0) is 65.9 Å². The van der Waals surface area contributed by atoms with Crippen molar-refractivity contribution in [2.45, 2.75) is 32.6 Å². The molecule has 202 valence electrons. The van der Waals surface area contributed by atoms with Gasteiger partial charge in [-0.1, -0.05) is 38.1 Å². The van der Waals surface area contributed by atoms with E-state index in [1.807, 2.05) is 0 Å². The average molecular weight is 546 g/mol. The van der Waals surface area contributed by atoms with Crippen LogP contribution < -0.4 is 0 Å². The van der Waals surface area contributed by atoms with Gasteiger partial charge >= 0.3 is 0 Å². The summed E-state index contributed by atoms with van der Waals surface area (Å²) >= 11 is 0.